The second kappa shape index (κ2) is 5.37. The van der Waals surface area contributed by atoms with E-state index < -0.39 is 26.7 Å². The summed E-state index contributed by atoms with van der Waals surface area (Å²) in [5.41, 5.74) is 5.10. The van der Waals surface area contributed by atoms with Gasteiger partial charge >= 0.3 is 16.3 Å². The van der Waals surface area contributed by atoms with Crippen LogP contribution in [0.5, 0.6) is 0 Å². The van der Waals surface area contributed by atoms with Crippen LogP contribution < -0.4 is 5.73 Å². The first-order valence-electron chi connectivity index (χ1n) is 5.82. The summed E-state index contributed by atoms with van der Waals surface area (Å²) in [6.07, 6.45) is 1.44. The van der Waals surface area contributed by atoms with Gasteiger partial charge < -0.3 is 14.7 Å². The van der Waals surface area contributed by atoms with E-state index in [1.807, 2.05) is 0 Å². The number of ether oxygens (including phenoxy) is 1. The fourth-order valence-electron chi connectivity index (χ4n) is 1.24. The van der Waals surface area contributed by atoms with Crippen LogP contribution in [0.25, 0.3) is 0 Å². The van der Waals surface area contributed by atoms with Crippen LogP contribution in [-0.2, 0) is 23.9 Å². The Balaban J connectivity index is 2.97. The predicted octanol–water partition coefficient (Wildman–Crippen LogP) is 1.49. The Morgan fingerprint density at radius 2 is 1.90 bits per heavy atom. The van der Waals surface area contributed by atoms with Crippen LogP contribution in [0.4, 0.5) is 4.79 Å². The number of nitrogens with zero attached hydrogens (tertiary/aromatic N) is 1. The number of carbonyl (C=O) groups excluding carboxylic acids is 1. The molecule has 0 aliphatic rings. The molecule has 0 radical (unpaired) electrons. The minimum Gasteiger partial charge on any atom is -0.428 e. The maximum absolute atomic E-state index is 12.1. The third-order valence-electron chi connectivity index (χ3n) is 2.32. The van der Waals surface area contributed by atoms with Crippen molar-refractivity contribution in [2.45, 2.75) is 38.2 Å². The molecule has 112 valence electrons. The van der Waals surface area contributed by atoms with Gasteiger partial charge in [0.1, 0.15) is 5.60 Å². The largest absolute Gasteiger partial charge is 0.524 e. The Morgan fingerprint density at radius 3 is 2.35 bits per heavy atom. The molecule has 0 spiro atoms. The standard InChI is InChI=1S/C12H18N2O5S/c1-11(2,3)18-10(15)19-20(16,17)12(4,13)9-6-5-7-14-8-9/h5-8H,13H2,1-4H3. The van der Waals surface area contributed by atoms with Crippen molar-refractivity contribution < 1.29 is 22.1 Å². The highest BCUT2D eigenvalue weighted by Gasteiger charge is 2.41. The molecule has 2 N–H and O–H groups in total. The van der Waals surface area contributed by atoms with Crippen molar-refractivity contribution in [2.75, 3.05) is 0 Å². The molecule has 0 saturated heterocycles. The highest BCUT2D eigenvalue weighted by atomic mass is 32.2. The van der Waals surface area contributed by atoms with Crippen LogP contribution in [0.2, 0.25) is 0 Å². The lowest BCUT2D eigenvalue weighted by molar-refractivity contribution is 0.0215. The van der Waals surface area contributed by atoms with Gasteiger partial charge in [-0.15, -0.1) is 0 Å². The summed E-state index contributed by atoms with van der Waals surface area (Å²) in [5, 5.41) is 0. The van der Waals surface area contributed by atoms with Crippen LogP contribution in [-0.4, -0.2) is 25.2 Å². The molecule has 1 aromatic heterocycles. The fraction of sp³-hybridized carbons (Fsp3) is 0.500. The average Bonchev–Trinajstić information content (AvgIpc) is 2.26. The molecule has 20 heavy (non-hydrogen) atoms. The first-order chi connectivity index (χ1) is 8.96. The van der Waals surface area contributed by atoms with Crippen molar-refractivity contribution in [3.63, 3.8) is 0 Å². The lowest BCUT2D eigenvalue weighted by Crippen LogP contribution is -2.44. The van der Waals surface area contributed by atoms with Gasteiger partial charge in [0.25, 0.3) is 0 Å². The van der Waals surface area contributed by atoms with E-state index in [2.05, 4.69) is 9.17 Å². The minimum absolute atomic E-state index is 0.198. The van der Waals surface area contributed by atoms with Crippen molar-refractivity contribution in [3.05, 3.63) is 30.1 Å². The normalized spacial score (nSPS) is 15.2. The molecule has 0 fully saturated rings. The zero-order valence-corrected chi connectivity index (χ0v) is 12.6. The van der Waals surface area contributed by atoms with Gasteiger partial charge in [-0.05, 0) is 33.8 Å². The average molecular weight is 302 g/mol. The maximum atomic E-state index is 12.1. The molecule has 0 aromatic carbocycles. The lowest BCUT2D eigenvalue weighted by atomic mass is 10.1. The SMILES string of the molecule is CC(C)(C)OC(=O)OS(=O)(=O)C(C)(N)c1cccnc1. The number of carbonyl (C=O) groups is 1. The van der Waals surface area contributed by atoms with Gasteiger partial charge in [0.2, 0.25) is 0 Å². The second-order valence-corrected chi connectivity index (χ2v) is 7.27. The number of rotatable bonds is 3. The lowest BCUT2D eigenvalue weighted by Gasteiger charge is -2.25. The highest BCUT2D eigenvalue weighted by Crippen LogP contribution is 2.25. The Labute approximate surface area is 118 Å². The zero-order chi connectivity index (χ0) is 15.6. The first-order valence-corrected chi connectivity index (χ1v) is 7.23. The van der Waals surface area contributed by atoms with E-state index in [1.165, 1.54) is 31.5 Å². The quantitative estimate of drug-likeness (QED) is 0.665. The molecule has 0 bridgehead atoms. The van der Waals surface area contributed by atoms with Crippen molar-refractivity contribution >= 4 is 16.3 Å². The zero-order valence-electron chi connectivity index (χ0n) is 11.8. The molecule has 8 heteroatoms. The Bertz CT molecular complexity index is 576. The minimum atomic E-state index is -4.42. The summed E-state index contributed by atoms with van der Waals surface area (Å²) in [6.45, 7) is 5.97. The van der Waals surface area contributed by atoms with Gasteiger partial charge in [-0.3, -0.25) is 4.98 Å². The Kier molecular flexibility index (Phi) is 4.40. The van der Waals surface area contributed by atoms with Crippen molar-refractivity contribution in [1.82, 2.24) is 4.98 Å². The van der Waals surface area contributed by atoms with E-state index >= 15 is 0 Å². The Hall–Kier alpha value is -1.67. The molecular weight excluding hydrogens is 284 g/mol. The summed E-state index contributed by atoms with van der Waals surface area (Å²) in [7, 11) is -4.42. The van der Waals surface area contributed by atoms with E-state index in [9.17, 15) is 13.2 Å². The molecule has 0 saturated carbocycles. The van der Waals surface area contributed by atoms with Crippen LogP contribution in [0.1, 0.15) is 33.3 Å². The molecule has 7 nitrogen and oxygen atoms in total. The summed E-state index contributed by atoms with van der Waals surface area (Å²) >= 11 is 0. The number of hydrogen-bond acceptors (Lipinski definition) is 7. The molecule has 0 aliphatic carbocycles. The third kappa shape index (κ3) is 3.91. The van der Waals surface area contributed by atoms with Gasteiger partial charge in [0, 0.05) is 18.0 Å². The van der Waals surface area contributed by atoms with Gasteiger partial charge in [0.15, 0.2) is 4.87 Å². The first kappa shape index (κ1) is 16.4. The van der Waals surface area contributed by atoms with E-state index in [-0.39, 0.29) is 5.56 Å². The molecular formula is C12H18N2O5S. The van der Waals surface area contributed by atoms with Crippen molar-refractivity contribution in [1.29, 1.82) is 0 Å². The van der Waals surface area contributed by atoms with E-state index in [0.29, 0.717) is 0 Å². The van der Waals surface area contributed by atoms with Crippen LogP contribution in [0, 0.1) is 0 Å². The van der Waals surface area contributed by atoms with E-state index in [1.54, 1.807) is 20.8 Å². The molecule has 1 unspecified atom stereocenters. The van der Waals surface area contributed by atoms with Gasteiger partial charge in [-0.25, -0.2) is 4.79 Å². The van der Waals surface area contributed by atoms with Crippen LogP contribution in [0.15, 0.2) is 24.5 Å². The molecule has 0 aliphatic heterocycles. The summed E-state index contributed by atoms with van der Waals surface area (Å²) < 4.78 is 33.3. The predicted molar refractivity (Wildman–Crippen MR) is 72.0 cm³/mol. The molecule has 1 aromatic rings. The highest BCUT2D eigenvalue weighted by molar-refractivity contribution is 7.88. The van der Waals surface area contributed by atoms with Gasteiger partial charge in [-0.1, -0.05) is 6.07 Å². The molecule has 1 heterocycles. The second-order valence-electron chi connectivity index (χ2n) is 5.35. The molecule has 1 atom stereocenters. The smallest absolute Gasteiger partial charge is 0.428 e. The molecule has 0 amide bonds. The number of hydrogen-bond donors (Lipinski definition) is 1. The van der Waals surface area contributed by atoms with Crippen LogP contribution >= 0.6 is 0 Å². The number of aromatic nitrogens is 1. The van der Waals surface area contributed by atoms with Crippen molar-refractivity contribution in [3.8, 4) is 0 Å². The summed E-state index contributed by atoms with van der Waals surface area (Å²) in [5.74, 6) is 0. The summed E-state index contributed by atoms with van der Waals surface area (Å²) in [4.78, 5) is 13.3. The van der Waals surface area contributed by atoms with Gasteiger partial charge in [-0.2, -0.15) is 8.42 Å². The van der Waals surface area contributed by atoms with E-state index in [0.717, 1.165) is 0 Å². The molecule has 1 rings (SSSR count). The monoisotopic (exact) mass is 302 g/mol. The number of pyridine rings is 1. The van der Waals surface area contributed by atoms with E-state index in [4.69, 9.17) is 10.5 Å². The topological polar surface area (TPSA) is 109 Å². The third-order valence-corrected chi connectivity index (χ3v) is 3.95. The summed E-state index contributed by atoms with van der Waals surface area (Å²) in [6, 6.07) is 3.01. The number of nitrogens with two attached hydrogens (primary N) is 1. The maximum Gasteiger partial charge on any atom is 0.524 e. The van der Waals surface area contributed by atoms with Gasteiger partial charge in [0.05, 0.1) is 0 Å². The van der Waals surface area contributed by atoms with Crippen molar-refractivity contribution in [2.24, 2.45) is 5.73 Å². The van der Waals surface area contributed by atoms with Crippen LogP contribution in [0.3, 0.4) is 0 Å². The Morgan fingerprint density at radius 1 is 1.30 bits per heavy atom. The fourth-order valence-corrected chi connectivity index (χ4v) is 2.04.